The predicted molar refractivity (Wildman–Crippen MR) is 129 cm³/mol. The van der Waals surface area contributed by atoms with E-state index >= 15 is 0 Å². The molecule has 0 aliphatic rings. The number of aromatic nitrogens is 1. The number of nitro benzene ring substituents is 1. The first-order valence-corrected chi connectivity index (χ1v) is 11.0. The highest BCUT2D eigenvalue weighted by Crippen LogP contribution is 2.29. The second kappa shape index (κ2) is 10.7. The van der Waals surface area contributed by atoms with E-state index in [1.807, 2.05) is 39.0 Å². The highest BCUT2D eigenvalue weighted by Gasteiger charge is 2.25. The largest absolute Gasteiger partial charge is 0.490 e. The molecular formula is C25H31N3O6. The van der Waals surface area contributed by atoms with Gasteiger partial charge in [0.2, 0.25) is 0 Å². The molecule has 0 aliphatic carbocycles. The minimum Gasteiger partial charge on any atom is -0.490 e. The Bertz CT molecular complexity index is 1130. The van der Waals surface area contributed by atoms with Crippen LogP contribution in [0, 0.1) is 10.1 Å². The molecule has 3 rings (SSSR count). The van der Waals surface area contributed by atoms with Crippen LogP contribution in [0.3, 0.4) is 0 Å². The number of methoxy groups -OCH3 is 1. The Morgan fingerprint density at radius 2 is 1.91 bits per heavy atom. The molecule has 34 heavy (non-hydrogen) atoms. The molecule has 1 aromatic heterocycles. The molecule has 3 aromatic rings. The monoisotopic (exact) mass is 469 g/mol. The molecule has 0 saturated heterocycles. The number of carbonyl (C=O) groups is 1. The van der Waals surface area contributed by atoms with Gasteiger partial charge in [-0.3, -0.25) is 19.8 Å². The van der Waals surface area contributed by atoms with E-state index in [2.05, 4.69) is 9.88 Å². The Kier molecular flexibility index (Phi) is 7.90. The first-order chi connectivity index (χ1) is 16.1. The number of aliphatic hydroxyl groups is 1. The summed E-state index contributed by atoms with van der Waals surface area (Å²) in [5.41, 5.74) is 2.31. The van der Waals surface area contributed by atoms with Crippen molar-refractivity contribution in [1.29, 1.82) is 0 Å². The van der Waals surface area contributed by atoms with Crippen LogP contribution in [0.4, 0.5) is 5.69 Å². The van der Waals surface area contributed by atoms with E-state index in [0.29, 0.717) is 18.8 Å². The Labute approximate surface area is 198 Å². The van der Waals surface area contributed by atoms with Gasteiger partial charge in [0.1, 0.15) is 18.5 Å². The van der Waals surface area contributed by atoms with Crippen LogP contribution in [0.15, 0.2) is 48.7 Å². The lowest BCUT2D eigenvalue weighted by Gasteiger charge is -2.37. The summed E-state index contributed by atoms with van der Waals surface area (Å²) in [5.74, 6) is 0.234. The molecule has 0 spiro atoms. The minimum absolute atomic E-state index is 0.0463. The zero-order chi connectivity index (χ0) is 24.9. The van der Waals surface area contributed by atoms with Gasteiger partial charge < -0.3 is 19.6 Å². The fourth-order valence-corrected chi connectivity index (χ4v) is 3.72. The van der Waals surface area contributed by atoms with Gasteiger partial charge in [0.25, 0.3) is 5.69 Å². The van der Waals surface area contributed by atoms with Gasteiger partial charge >= 0.3 is 5.97 Å². The number of rotatable bonds is 10. The zero-order valence-electron chi connectivity index (χ0n) is 19.9. The van der Waals surface area contributed by atoms with Crippen molar-refractivity contribution in [3.05, 3.63) is 69.9 Å². The van der Waals surface area contributed by atoms with Crippen LogP contribution in [0.1, 0.15) is 31.9 Å². The molecular weight excluding hydrogens is 438 g/mol. The highest BCUT2D eigenvalue weighted by atomic mass is 16.6. The molecule has 9 heteroatoms. The highest BCUT2D eigenvalue weighted by molar-refractivity contribution is 5.92. The van der Waals surface area contributed by atoms with Crippen molar-refractivity contribution in [1.82, 2.24) is 9.88 Å². The summed E-state index contributed by atoms with van der Waals surface area (Å²) in [7, 11) is 1.35. The molecule has 9 nitrogen and oxygen atoms in total. The van der Waals surface area contributed by atoms with Gasteiger partial charge in [0.05, 0.1) is 18.5 Å². The number of nitrogens with zero attached hydrogens (tertiary/aromatic N) is 2. The average molecular weight is 470 g/mol. The second-order valence-electron chi connectivity index (χ2n) is 9.19. The number of esters is 1. The maximum Gasteiger partial charge on any atom is 0.310 e. The molecule has 0 unspecified atom stereocenters. The number of aromatic amines is 1. The number of nitro groups is 1. The third-order valence-electron chi connectivity index (χ3n) is 5.64. The van der Waals surface area contributed by atoms with E-state index in [-0.39, 0.29) is 30.2 Å². The van der Waals surface area contributed by atoms with Crippen LogP contribution < -0.4 is 4.74 Å². The maximum atomic E-state index is 11.8. The lowest BCUT2D eigenvalue weighted by Crippen LogP contribution is -2.46. The van der Waals surface area contributed by atoms with Crippen molar-refractivity contribution < 1.29 is 24.3 Å². The predicted octanol–water partition coefficient (Wildman–Crippen LogP) is 3.83. The number of ether oxygens (including phenoxy) is 2. The molecule has 2 aromatic carbocycles. The number of hydrogen-bond donors (Lipinski definition) is 2. The van der Waals surface area contributed by atoms with E-state index in [0.717, 1.165) is 22.0 Å². The lowest BCUT2D eigenvalue weighted by molar-refractivity contribution is -0.384. The Morgan fingerprint density at radius 1 is 1.21 bits per heavy atom. The van der Waals surface area contributed by atoms with Crippen molar-refractivity contribution in [3.63, 3.8) is 0 Å². The molecule has 0 amide bonds. The average Bonchev–Trinajstić information content (AvgIpc) is 3.20. The van der Waals surface area contributed by atoms with Crippen molar-refractivity contribution >= 4 is 22.6 Å². The normalized spacial score (nSPS) is 12.6. The van der Waals surface area contributed by atoms with Gasteiger partial charge in [-0.15, -0.1) is 0 Å². The summed E-state index contributed by atoms with van der Waals surface area (Å²) >= 11 is 0. The number of benzene rings is 2. The third-order valence-corrected chi connectivity index (χ3v) is 5.64. The summed E-state index contributed by atoms with van der Waals surface area (Å²) < 4.78 is 10.8. The minimum atomic E-state index is -0.782. The Balaban J connectivity index is 1.69. The van der Waals surface area contributed by atoms with E-state index in [1.54, 1.807) is 18.3 Å². The van der Waals surface area contributed by atoms with Gasteiger partial charge in [-0.1, -0.05) is 18.2 Å². The zero-order valence-corrected chi connectivity index (χ0v) is 19.9. The van der Waals surface area contributed by atoms with E-state index in [1.165, 1.54) is 19.2 Å². The van der Waals surface area contributed by atoms with Crippen LogP contribution in [0.2, 0.25) is 0 Å². The number of non-ortho nitro benzene ring substituents is 1. The number of nitrogens with one attached hydrogen (secondary N) is 1. The molecule has 182 valence electrons. The van der Waals surface area contributed by atoms with Crippen LogP contribution in [-0.4, -0.2) is 57.8 Å². The SMILES string of the molecule is COC(=O)Cc1c[nH]c2cccc(OC[C@@H](O)CN(Cc3ccc([N+](=O)[O-])cc3)C(C)(C)C)c12. The maximum absolute atomic E-state index is 11.8. The fourth-order valence-electron chi connectivity index (χ4n) is 3.72. The van der Waals surface area contributed by atoms with Gasteiger partial charge in [-0.05, 0) is 44.0 Å². The number of hydrogen-bond acceptors (Lipinski definition) is 7. The molecule has 0 fully saturated rings. The number of fused-ring (bicyclic) bond motifs is 1. The van der Waals surface area contributed by atoms with E-state index < -0.39 is 11.0 Å². The molecule has 1 atom stereocenters. The van der Waals surface area contributed by atoms with Crippen molar-refractivity contribution in [2.45, 2.75) is 45.4 Å². The van der Waals surface area contributed by atoms with Crippen molar-refractivity contribution in [2.75, 3.05) is 20.3 Å². The topological polar surface area (TPSA) is 118 Å². The first kappa shape index (κ1) is 25.2. The molecule has 2 N–H and O–H groups in total. The van der Waals surface area contributed by atoms with Gasteiger partial charge in [0, 0.05) is 47.9 Å². The van der Waals surface area contributed by atoms with Gasteiger partial charge in [-0.25, -0.2) is 0 Å². The summed E-state index contributed by atoms with van der Waals surface area (Å²) in [6.45, 7) is 7.07. The fraction of sp³-hybridized carbons (Fsp3) is 0.400. The van der Waals surface area contributed by atoms with E-state index in [4.69, 9.17) is 9.47 Å². The Hall–Kier alpha value is -3.43. The summed E-state index contributed by atoms with van der Waals surface area (Å²) in [4.78, 5) is 27.5. The lowest BCUT2D eigenvalue weighted by atomic mass is 10.0. The number of aliphatic hydroxyl groups excluding tert-OH is 1. The third kappa shape index (κ3) is 6.33. The number of H-pyrrole nitrogens is 1. The van der Waals surface area contributed by atoms with E-state index in [9.17, 15) is 20.0 Å². The van der Waals surface area contributed by atoms with Crippen LogP contribution >= 0.6 is 0 Å². The molecule has 0 bridgehead atoms. The van der Waals surface area contributed by atoms with Crippen molar-refractivity contribution in [2.24, 2.45) is 0 Å². The van der Waals surface area contributed by atoms with Gasteiger partial charge in [-0.2, -0.15) is 0 Å². The van der Waals surface area contributed by atoms with Crippen molar-refractivity contribution in [3.8, 4) is 5.75 Å². The summed E-state index contributed by atoms with van der Waals surface area (Å²) in [6.07, 6.45) is 1.10. The van der Waals surface area contributed by atoms with Crippen LogP contribution in [0.25, 0.3) is 10.9 Å². The summed E-state index contributed by atoms with van der Waals surface area (Å²) in [5, 5.41) is 22.5. The number of β-amino-alcohol motifs (C(OH)–C–C–N with tert-alkyl or cyclic N) is 1. The smallest absolute Gasteiger partial charge is 0.310 e. The molecule has 0 aliphatic heterocycles. The first-order valence-electron chi connectivity index (χ1n) is 11.0. The second-order valence-corrected chi connectivity index (χ2v) is 9.19. The standard InChI is InChI=1S/C25H31N3O6/c1-25(2,3)27(14-17-8-10-19(11-9-17)28(31)32)15-20(29)16-34-22-7-5-6-21-24(22)18(13-26-21)12-23(30)33-4/h5-11,13,20,26,29H,12,14-16H2,1-4H3/t20-/m0/s1. The van der Waals surface area contributed by atoms with Crippen LogP contribution in [0.5, 0.6) is 5.75 Å². The Morgan fingerprint density at radius 3 is 2.53 bits per heavy atom. The number of carbonyl (C=O) groups excluding carboxylic acids is 1. The summed E-state index contributed by atoms with van der Waals surface area (Å²) in [6, 6.07) is 12.0. The molecule has 1 heterocycles. The molecule has 0 radical (unpaired) electrons. The quantitative estimate of drug-likeness (QED) is 0.263. The van der Waals surface area contributed by atoms with Crippen LogP contribution in [-0.2, 0) is 22.5 Å². The molecule has 0 saturated carbocycles. The van der Waals surface area contributed by atoms with Gasteiger partial charge in [0.15, 0.2) is 0 Å².